The van der Waals surface area contributed by atoms with Gasteiger partial charge in [-0.15, -0.1) is 0 Å². The van der Waals surface area contributed by atoms with Crippen LogP contribution in [0.15, 0.2) is 18.2 Å². The maximum absolute atomic E-state index is 15.0. The number of rotatable bonds is 5. The van der Waals surface area contributed by atoms with Crippen molar-refractivity contribution in [2.24, 2.45) is 17.8 Å². The highest BCUT2D eigenvalue weighted by atomic mass is 19.1. The van der Waals surface area contributed by atoms with Crippen molar-refractivity contribution in [1.82, 2.24) is 10.2 Å². The predicted octanol–water partition coefficient (Wildman–Crippen LogP) is 1.59. The second-order valence-corrected chi connectivity index (χ2v) is 9.13. The molecule has 4 aliphatic rings. The molecule has 1 aliphatic carbocycles. The van der Waals surface area contributed by atoms with E-state index < -0.39 is 12.2 Å². The minimum atomic E-state index is -0.543. The Morgan fingerprint density at radius 3 is 2.45 bits per heavy atom. The first-order valence-electron chi connectivity index (χ1n) is 10.9. The number of ether oxygens (including phenoxy) is 1. The fourth-order valence-corrected chi connectivity index (χ4v) is 4.97. The highest BCUT2D eigenvalue weighted by Gasteiger charge is 2.45. The zero-order valence-electron chi connectivity index (χ0n) is 17.6. The first kappa shape index (κ1) is 20.1. The number of likely N-dealkylation sites (tertiary alicyclic amines) is 1. The first-order chi connectivity index (χ1) is 14.9. The molecule has 1 N–H and O–H groups in total. The first-order valence-corrected chi connectivity index (χ1v) is 10.9. The van der Waals surface area contributed by atoms with Crippen LogP contribution in [0, 0.1) is 23.6 Å². The molecule has 1 aromatic carbocycles. The van der Waals surface area contributed by atoms with Gasteiger partial charge in [0.1, 0.15) is 11.9 Å². The van der Waals surface area contributed by atoms with Gasteiger partial charge in [-0.1, -0.05) is 0 Å². The predicted molar refractivity (Wildman–Crippen MR) is 111 cm³/mol. The zero-order chi connectivity index (χ0) is 21.7. The lowest BCUT2D eigenvalue weighted by Crippen LogP contribution is -2.34. The summed E-state index contributed by atoms with van der Waals surface area (Å²) in [5.74, 6) is 0.734. The lowest BCUT2D eigenvalue weighted by molar-refractivity contribution is -0.131. The number of benzene rings is 1. The average molecular weight is 430 g/mol. The molecule has 3 saturated heterocycles. The fraction of sp³-hybridized carbons (Fsp3) is 0.591. The molecule has 9 heteroatoms. The summed E-state index contributed by atoms with van der Waals surface area (Å²) in [6.45, 7) is 4.90. The number of carbonyl (C=O) groups is 3. The molecule has 3 unspecified atom stereocenters. The van der Waals surface area contributed by atoms with E-state index in [-0.39, 0.29) is 30.7 Å². The molecular formula is C22H27FN4O4. The number of nitrogens with zero attached hydrogens (tertiary/aromatic N) is 3. The van der Waals surface area contributed by atoms with Gasteiger partial charge in [-0.05, 0) is 31.0 Å². The molecule has 0 radical (unpaired) electrons. The molecule has 0 aromatic heterocycles. The largest absolute Gasteiger partial charge is 0.442 e. The average Bonchev–Trinajstić information content (AvgIpc) is 3.23. The van der Waals surface area contributed by atoms with Crippen LogP contribution in [-0.2, 0) is 14.3 Å². The summed E-state index contributed by atoms with van der Waals surface area (Å²) in [5.41, 5.74) is 0.970. The van der Waals surface area contributed by atoms with Gasteiger partial charge in [0, 0.05) is 50.9 Å². The molecule has 3 aliphatic heterocycles. The van der Waals surface area contributed by atoms with E-state index in [2.05, 4.69) is 10.2 Å². The number of nitrogens with one attached hydrogen (secondary N) is 1. The van der Waals surface area contributed by atoms with E-state index in [9.17, 15) is 18.8 Å². The molecule has 0 spiro atoms. The molecule has 3 amide bonds. The molecule has 5 rings (SSSR count). The van der Waals surface area contributed by atoms with Gasteiger partial charge in [0.05, 0.1) is 24.5 Å². The van der Waals surface area contributed by atoms with Crippen molar-refractivity contribution < 1.29 is 23.5 Å². The van der Waals surface area contributed by atoms with Crippen LogP contribution >= 0.6 is 0 Å². The second kappa shape index (κ2) is 7.69. The van der Waals surface area contributed by atoms with Gasteiger partial charge >= 0.3 is 6.09 Å². The van der Waals surface area contributed by atoms with Crippen LogP contribution in [0.25, 0.3) is 0 Å². The van der Waals surface area contributed by atoms with Crippen molar-refractivity contribution in [2.75, 3.05) is 49.1 Å². The van der Waals surface area contributed by atoms with Crippen LogP contribution in [0.5, 0.6) is 0 Å². The highest BCUT2D eigenvalue weighted by Crippen LogP contribution is 2.39. The molecule has 3 heterocycles. The fourth-order valence-electron chi connectivity index (χ4n) is 4.97. The summed E-state index contributed by atoms with van der Waals surface area (Å²) in [5, 5.41) is 2.63. The number of amides is 3. The third-order valence-corrected chi connectivity index (χ3v) is 6.76. The van der Waals surface area contributed by atoms with Crippen molar-refractivity contribution in [3.8, 4) is 0 Å². The third kappa shape index (κ3) is 3.93. The number of halogens is 1. The quantitative estimate of drug-likeness (QED) is 0.767. The maximum Gasteiger partial charge on any atom is 0.414 e. The van der Waals surface area contributed by atoms with Gasteiger partial charge in [0.15, 0.2) is 0 Å². The van der Waals surface area contributed by atoms with Crippen LogP contribution in [0.3, 0.4) is 0 Å². The van der Waals surface area contributed by atoms with Crippen LogP contribution in [0.1, 0.15) is 19.8 Å². The zero-order valence-corrected chi connectivity index (χ0v) is 17.6. The topological polar surface area (TPSA) is 82.2 Å². The van der Waals surface area contributed by atoms with Crippen molar-refractivity contribution in [2.45, 2.75) is 25.9 Å². The van der Waals surface area contributed by atoms with E-state index in [1.165, 1.54) is 17.9 Å². The highest BCUT2D eigenvalue weighted by molar-refractivity contribution is 5.90. The molecule has 1 saturated carbocycles. The Kier molecular flexibility index (Phi) is 4.98. The monoisotopic (exact) mass is 430 g/mol. The molecule has 1 aromatic rings. The SMILES string of the molecule is CC(=O)NCC1CN(c2ccc(N3CC4CN(C(=O)C5CC5)CC4C3)c(F)c2)C(=O)O1. The summed E-state index contributed by atoms with van der Waals surface area (Å²) < 4.78 is 20.2. The molecule has 31 heavy (non-hydrogen) atoms. The summed E-state index contributed by atoms with van der Waals surface area (Å²) in [7, 11) is 0. The summed E-state index contributed by atoms with van der Waals surface area (Å²) in [6.07, 6.45) is 1.04. The van der Waals surface area contributed by atoms with Crippen LogP contribution in [0.4, 0.5) is 20.6 Å². The van der Waals surface area contributed by atoms with Crippen LogP contribution in [0.2, 0.25) is 0 Å². The van der Waals surface area contributed by atoms with Crippen molar-refractivity contribution in [3.63, 3.8) is 0 Å². The van der Waals surface area contributed by atoms with E-state index >= 15 is 0 Å². The van der Waals surface area contributed by atoms with E-state index in [1.807, 2.05) is 4.90 Å². The Labute approximate surface area is 180 Å². The van der Waals surface area contributed by atoms with Crippen molar-refractivity contribution in [1.29, 1.82) is 0 Å². The van der Waals surface area contributed by atoms with Gasteiger partial charge in [0.25, 0.3) is 0 Å². The van der Waals surface area contributed by atoms with E-state index in [1.54, 1.807) is 12.1 Å². The number of fused-ring (bicyclic) bond motifs is 1. The number of hydrogen-bond acceptors (Lipinski definition) is 5. The summed E-state index contributed by atoms with van der Waals surface area (Å²) in [4.78, 5) is 41.0. The molecule has 8 nitrogen and oxygen atoms in total. The Balaban J connectivity index is 1.21. The lowest BCUT2D eigenvalue weighted by atomic mass is 10.0. The van der Waals surface area contributed by atoms with Gasteiger partial charge < -0.3 is 19.9 Å². The van der Waals surface area contributed by atoms with Crippen molar-refractivity contribution >= 4 is 29.3 Å². The Bertz CT molecular complexity index is 907. The van der Waals surface area contributed by atoms with Gasteiger partial charge in [-0.3, -0.25) is 14.5 Å². The van der Waals surface area contributed by atoms with Gasteiger partial charge in [-0.2, -0.15) is 0 Å². The smallest absolute Gasteiger partial charge is 0.414 e. The van der Waals surface area contributed by atoms with Crippen molar-refractivity contribution in [3.05, 3.63) is 24.0 Å². The minimum Gasteiger partial charge on any atom is -0.442 e. The molecule has 4 fully saturated rings. The Morgan fingerprint density at radius 2 is 1.84 bits per heavy atom. The minimum absolute atomic E-state index is 0.194. The van der Waals surface area contributed by atoms with E-state index in [0.29, 0.717) is 29.1 Å². The Morgan fingerprint density at radius 1 is 1.13 bits per heavy atom. The number of anilines is 2. The third-order valence-electron chi connectivity index (χ3n) is 6.76. The number of cyclic esters (lactones) is 1. The number of carbonyl (C=O) groups excluding carboxylic acids is 3. The second-order valence-electron chi connectivity index (χ2n) is 9.13. The molecular weight excluding hydrogens is 403 g/mol. The van der Waals surface area contributed by atoms with E-state index in [4.69, 9.17) is 4.74 Å². The van der Waals surface area contributed by atoms with Gasteiger partial charge in [-0.25, -0.2) is 9.18 Å². The maximum atomic E-state index is 15.0. The Hall–Kier alpha value is -2.84. The number of hydrogen-bond donors (Lipinski definition) is 1. The molecule has 3 atom stereocenters. The normalized spacial score (nSPS) is 27.5. The standard InChI is InChI=1S/C22H27FN4O4/c1-13(28)24-7-18-12-27(22(30)31-18)17-4-5-20(19(23)6-17)25-8-15-10-26(11-16(15)9-25)21(29)14-2-3-14/h4-6,14-16,18H,2-3,7-12H2,1H3,(H,24,28). The van der Waals surface area contributed by atoms with E-state index in [0.717, 1.165) is 39.0 Å². The molecule has 166 valence electrons. The lowest BCUT2D eigenvalue weighted by Gasteiger charge is -2.24. The van der Waals surface area contributed by atoms with Crippen LogP contribution < -0.4 is 15.1 Å². The van der Waals surface area contributed by atoms with Crippen LogP contribution in [-0.4, -0.2) is 68.2 Å². The summed E-state index contributed by atoms with van der Waals surface area (Å²) in [6, 6.07) is 4.82. The van der Waals surface area contributed by atoms with Gasteiger partial charge in [0.2, 0.25) is 11.8 Å². The summed E-state index contributed by atoms with van der Waals surface area (Å²) >= 11 is 0. The molecule has 0 bridgehead atoms.